The Morgan fingerprint density at radius 2 is 1.91 bits per heavy atom. The zero-order valence-electron chi connectivity index (χ0n) is 18.4. The van der Waals surface area contributed by atoms with Gasteiger partial charge in [0, 0.05) is 61.2 Å². The summed E-state index contributed by atoms with van der Waals surface area (Å²) in [5.41, 5.74) is 2.73. The van der Waals surface area contributed by atoms with Gasteiger partial charge in [-0.2, -0.15) is 0 Å². The molecule has 0 spiro atoms. The van der Waals surface area contributed by atoms with Crippen LogP contribution >= 0.6 is 0 Å². The van der Waals surface area contributed by atoms with Crippen LogP contribution in [0.5, 0.6) is 0 Å². The first kappa shape index (κ1) is 21.9. The number of sulfonamides is 1. The number of hydrogen-bond acceptors (Lipinski definition) is 6. The fourth-order valence-corrected chi connectivity index (χ4v) is 4.49. The maximum absolute atomic E-state index is 13.2. The van der Waals surface area contributed by atoms with Crippen LogP contribution in [0.15, 0.2) is 42.7 Å². The number of nitrogens with zero attached hydrogens (tertiary/aromatic N) is 3. The number of benzene rings is 1. The van der Waals surface area contributed by atoms with Crippen molar-refractivity contribution < 1.29 is 13.2 Å². The number of anilines is 3. The number of amides is 1. The molecule has 0 unspecified atom stereocenters. The number of aromatic amines is 1. The second-order valence-electron chi connectivity index (χ2n) is 8.29. The topological polar surface area (TPSA) is 110 Å². The molecule has 1 aliphatic heterocycles. The first-order valence-electron chi connectivity index (χ1n) is 10.6. The van der Waals surface area contributed by atoms with E-state index in [1.54, 1.807) is 30.6 Å². The molecule has 1 fully saturated rings. The van der Waals surface area contributed by atoms with Gasteiger partial charge in [-0.15, -0.1) is 0 Å². The fourth-order valence-electron chi connectivity index (χ4n) is 3.94. The van der Waals surface area contributed by atoms with Crippen LogP contribution < -0.4 is 14.9 Å². The molecule has 1 amide bonds. The Labute approximate surface area is 187 Å². The predicted octanol–water partition coefficient (Wildman–Crippen LogP) is 2.72. The van der Waals surface area contributed by atoms with Crippen LogP contribution in [0.1, 0.15) is 24.2 Å². The molecule has 0 bridgehead atoms. The highest BCUT2D eigenvalue weighted by Gasteiger charge is 2.26. The lowest BCUT2D eigenvalue weighted by atomic mass is 10.1. The first-order valence-corrected chi connectivity index (χ1v) is 12.4. The van der Waals surface area contributed by atoms with E-state index in [9.17, 15) is 13.2 Å². The number of hydrogen-bond donors (Lipinski definition) is 3. The van der Waals surface area contributed by atoms with Crippen LogP contribution in [0.25, 0.3) is 10.9 Å². The van der Waals surface area contributed by atoms with Crippen LogP contribution in [0.4, 0.5) is 17.2 Å². The quantitative estimate of drug-likeness (QED) is 0.526. The van der Waals surface area contributed by atoms with Gasteiger partial charge in [-0.25, -0.2) is 13.4 Å². The number of aromatic nitrogens is 2. The fraction of sp³-hybridized carbons (Fsp3) is 0.364. The highest BCUT2D eigenvalue weighted by Crippen LogP contribution is 2.27. The molecular formula is C22H28N6O3S. The van der Waals surface area contributed by atoms with Gasteiger partial charge in [0.25, 0.3) is 5.91 Å². The van der Waals surface area contributed by atoms with Crippen molar-refractivity contribution in [3.05, 3.63) is 48.3 Å². The zero-order valence-corrected chi connectivity index (χ0v) is 19.2. The number of pyridine rings is 1. The molecule has 1 saturated heterocycles. The molecule has 9 nitrogen and oxygen atoms in total. The van der Waals surface area contributed by atoms with E-state index < -0.39 is 10.0 Å². The summed E-state index contributed by atoms with van der Waals surface area (Å²) in [4.78, 5) is 24.9. The summed E-state index contributed by atoms with van der Waals surface area (Å²) >= 11 is 0. The van der Waals surface area contributed by atoms with Crippen molar-refractivity contribution in [2.24, 2.45) is 0 Å². The van der Waals surface area contributed by atoms with Crippen LogP contribution in [0.3, 0.4) is 0 Å². The van der Waals surface area contributed by atoms with E-state index in [1.807, 2.05) is 17.0 Å². The lowest BCUT2D eigenvalue weighted by molar-refractivity contribution is 0.0748. The van der Waals surface area contributed by atoms with Gasteiger partial charge in [-0.1, -0.05) is 0 Å². The summed E-state index contributed by atoms with van der Waals surface area (Å²) in [5, 5.41) is 4.12. The summed E-state index contributed by atoms with van der Waals surface area (Å²) in [6.07, 6.45) is 4.57. The first-order chi connectivity index (χ1) is 15.2. The molecule has 32 heavy (non-hydrogen) atoms. The van der Waals surface area contributed by atoms with Crippen molar-refractivity contribution in [3.8, 4) is 0 Å². The Morgan fingerprint density at radius 3 is 2.59 bits per heavy atom. The summed E-state index contributed by atoms with van der Waals surface area (Å²) in [5.74, 6) is 0.825. The van der Waals surface area contributed by atoms with Crippen LogP contribution in [-0.4, -0.2) is 67.7 Å². The van der Waals surface area contributed by atoms with Gasteiger partial charge >= 0.3 is 0 Å². The SMILES string of the molecule is CC(C)Nc1cccnc1N1CCN(C(=O)c2c[nH]c3ccc(NS(C)(=O)=O)cc23)CC1. The maximum atomic E-state index is 13.2. The van der Waals surface area contributed by atoms with E-state index in [0.717, 1.165) is 23.3 Å². The van der Waals surface area contributed by atoms with Crippen molar-refractivity contribution in [3.63, 3.8) is 0 Å². The van der Waals surface area contributed by atoms with E-state index in [2.05, 4.69) is 38.8 Å². The van der Waals surface area contributed by atoms with E-state index in [0.29, 0.717) is 48.9 Å². The lowest BCUT2D eigenvalue weighted by Crippen LogP contribution is -2.49. The lowest BCUT2D eigenvalue weighted by Gasteiger charge is -2.36. The Kier molecular flexibility index (Phi) is 5.96. The monoisotopic (exact) mass is 456 g/mol. The van der Waals surface area contributed by atoms with E-state index in [-0.39, 0.29) is 5.91 Å². The second kappa shape index (κ2) is 8.70. The van der Waals surface area contributed by atoms with Gasteiger partial charge in [0.1, 0.15) is 0 Å². The molecule has 3 heterocycles. The van der Waals surface area contributed by atoms with Gasteiger partial charge in [0.2, 0.25) is 10.0 Å². The predicted molar refractivity (Wildman–Crippen MR) is 128 cm³/mol. The summed E-state index contributed by atoms with van der Waals surface area (Å²) in [6.45, 7) is 6.68. The minimum Gasteiger partial charge on any atom is -0.380 e. The van der Waals surface area contributed by atoms with E-state index in [4.69, 9.17) is 0 Å². The van der Waals surface area contributed by atoms with E-state index >= 15 is 0 Å². The van der Waals surface area contributed by atoms with Gasteiger partial charge in [-0.05, 0) is 44.2 Å². The van der Waals surface area contributed by atoms with Crippen LogP contribution in [-0.2, 0) is 10.0 Å². The van der Waals surface area contributed by atoms with Crippen LogP contribution in [0, 0.1) is 0 Å². The third kappa shape index (κ3) is 4.80. The van der Waals surface area contributed by atoms with Crippen molar-refractivity contribution in [1.82, 2.24) is 14.9 Å². The summed E-state index contributed by atoms with van der Waals surface area (Å²) in [6, 6.07) is 9.36. The van der Waals surface area contributed by atoms with Crippen molar-refractivity contribution in [2.75, 3.05) is 47.4 Å². The summed E-state index contributed by atoms with van der Waals surface area (Å²) in [7, 11) is -3.40. The van der Waals surface area contributed by atoms with Crippen LogP contribution in [0.2, 0.25) is 0 Å². The average molecular weight is 457 g/mol. The molecule has 2 aromatic heterocycles. The molecule has 0 atom stereocenters. The molecule has 3 aromatic rings. The van der Waals surface area contributed by atoms with Gasteiger partial charge < -0.3 is 20.1 Å². The number of rotatable bonds is 6. The second-order valence-corrected chi connectivity index (χ2v) is 10.0. The number of carbonyl (C=O) groups excluding carboxylic acids is 1. The number of H-pyrrole nitrogens is 1. The Bertz CT molecular complexity index is 1230. The Morgan fingerprint density at radius 1 is 1.16 bits per heavy atom. The molecule has 3 N–H and O–H groups in total. The molecular weight excluding hydrogens is 428 g/mol. The van der Waals surface area contributed by atoms with Gasteiger partial charge in [0.15, 0.2) is 5.82 Å². The minimum absolute atomic E-state index is 0.0750. The number of carbonyl (C=O) groups is 1. The van der Waals surface area contributed by atoms with Crippen molar-refractivity contribution in [2.45, 2.75) is 19.9 Å². The molecule has 1 aromatic carbocycles. The highest BCUT2D eigenvalue weighted by molar-refractivity contribution is 7.92. The third-order valence-corrected chi connectivity index (χ3v) is 5.92. The molecule has 0 radical (unpaired) electrons. The van der Waals surface area contributed by atoms with Gasteiger partial charge in [0.05, 0.1) is 17.5 Å². The normalized spacial score (nSPS) is 14.8. The minimum atomic E-state index is -3.40. The number of piperazine rings is 1. The van der Waals surface area contributed by atoms with Gasteiger partial charge in [-0.3, -0.25) is 9.52 Å². The Hall–Kier alpha value is -3.27. The zero-order chi connectivity index (χ0) is 22.9. The largest absolute Gasteiger partial charge is 0.380 e. The molecule has 0 saturated carbocycles. The summed E-state index contributed by atoms with van der Waals surface area (Å²) < 4.78 is 25.6. The third-order valence-electron chi connectivity index (χ3n) is 5.31. The molecule has 10 heteroatoms. The Balaban J connectivity index is 1.50. The molecule has 170 valence electrons. The molecule has 0 aliphatic carbocycles. The van der Waals surface area contributed by atoms with E-state index in [1.165, 1.54) is 0 Å². The van der Waals surface area contributed by atoms with Crippen molar-refractivity contribution >= 4 is 44.0 Å². The molecule has 4 rings (SSSR count). The van der Waals surface area contributed by atoms with Crippen molar-refractivity contribution in [1.29, 1.82) is 0 Å². The standard InChI is InChI=1S/C22H28N6O3S/c1-15(2)25-20-5-4-8-23-21(20)27-9-11-28(12-10-27)22(29)18-14-24-19-7-6-16(13-17(18)19)26-32(3,30)31/h4-8,13-15,24-26H,9-12H2,1-3H3. The highest BCUT2D eigenvalue weighted by atomic mass is 32.2. The number of fused-ring (bicyclic) bond motifs is 1. The average Bonchev–Trinajstić information content (AvgIpc) is 3.15. The maximum Gasteiger partial charge on any atom is 0.256 e. The smallest absolute Gasteiger partial charge is 0.256 e. The molecule has 1 aliphatic rings. The number of nitrogens with one attached hydrogen (secondary N) is 3.